The number of halogens is 1. The first-order valence-corrected chi connectivity index (χ1v) is 15.5. The van der Waals surface area contributed by atoms with Gasteiger partial charge in [0.15, 0.2) is 0 Å². The van der Waals surface area contributed by atoms with Gasteiger partial charge in [-0.2, -0.15) is 10.2 Å². The van der Waals surface area contributed by atoms with Crippen LogP contribution in [0.25, 0.3) is 11.0 Å². The number of ether oxygens (including phenoxy) is 2. The molecule has 2 aromatic heterocycles. The number of fused-ring (bicyclic) bond motifs is 2. The fraction of sp³-hybridized carbons (Fsp3) is 0.412. The van der Waals surface area contributed by atoms with E-state index in [1.807, 2.05) is 18.2 Å². The van der Waals surface area contributed by atoms with Gasteiger partial charge in [0.1, 0.15) is 24.1 Å². The van der Waals surface area contributed by atoms with Crippen molar-refractivity contribution >= 4 is 22.8 Å². The van der Waals surface area contributed by atoms with Gasteiger partial charge in [-0.05, 0) is 55.7 Å². The van der Waals surface area contributed by atoms with Gasteiger partial charge in [-0.3, -0.25) is 4.90 Å². The molecule has 2 aliphatic rings. The first kappa shape index (κ1) is 30.5. The minimum absolute atomic E-state index is 0.0203. The normalized spacial score (nSPS) is 17.9. The smallest absolute Gasteiger partial charge is 0.335 e. The van der Waals surface area contributed by atoms with Crippen LogP contribution in [0.5, 0.6) is 5.88 Å². The van der Waals surface area contributed by atoms with Crippen molar-refractivity contribution in [2.24, 2.45) is 0 Å². The molecule has 1 N–H and O–H groups in total. The summed E-state index contributed by atoms with van der Waals surface area (Å²) in [7, 11) is 0. The van der Waals surface area contributed by atoms with Gasteiger partial charge in [-0.1, -0.05) is 25.5 Å². The van der Waals surface area contributed by atoms with E-state index in [4.69, 9.17) is 24.7 Å². The molecule has 2 atom stereocenters. The predicted octanol–water partition coefficient (Wildman–Crippen LogP) is 5.39. The summed E-state index contributed by atoms with van der Waals surface area (Å²) in [5.74, 6) is 0.737. The number of carboxylic acids is 1. The molecule has 0 unspecified atom stereocenters. The third kappa shape index (κ3) is 6.62. The average molecular weight is 613 g/mol. The largest absolute Gasteiger partial charge is 0.478 e. The number of carboxylic acid groups (broad SMARTS) is 1. The Morgan fingerprint density at radius 3 is 2.71 bits per heavy atom. The van der Waals surface area contributed by atoms with E-state index in [9.17, 15) is 14.3 Å². The number of pyridine rings is 1. The molecule has 10 nitrogen and oxygen atoms in total. The van der Waals surface area contributed by atoms with Crippen LogP contribution in [-0.2, 0) is 24.4 Å². The van der Waals surface area contributed by atoms with Gasteiger partial charge in [0.05, 0.1) is 41.4 Å². The fourth-order valence-electron chi connectivity index (χ4n) is 6.19. The second-order valence-corrected chi connectivity index (χ2v) is 11.6. The van der Waals surface area contributed by atoms with Gasteiger partial charge >= 0.3 is 5.97 Å². The molecular weight excluding hydrogens is 575 g/mol. The molecule has 234 valence electrons. The molecule has 0 amide bonds. The number of aromatic carboxylic acids is 1. The summed E-state index contributed by atoms with van der Waals surface area (Å²) in [6.07, 6.45) is 4.20. The molecule has 0 radical (unpaired) electrons. The topological polar surface area (TPSA) is 117 Å². The zero-order valence-electron chi connectivity index (χ0n) is 25.4. The van der Waals surface area contributed by atoms with Crippen molar-refractivity contribution in [1.82, 2.24) is 19.4 Å². The third-order valence-electron chi connectivity index (χ3n) is 8.78. The zero-order chi connectivity index (χ0) is 31.3. The average Bonchev–Trinajstić information content (AvgIpc) is 3.37. The van der Waals surface area contributed by atoms with E-state index in [-0.39, 0.29) is 17.7 Å². The zero-order valence-corrected chi connectivity index (χ0v) is 25.4. The molecule has 4 aromatic rings. The van der Waals surface area contributed by atoms with Crippen molar-refractivity contribution in [1.29, 1.82) is 5.26 Å². The minimum Gasteiger partial charge on any atom is -0.478 e. The first-order valence-electron chi connectivity index (χ1n) is 15.5. The maximum atomic E-state index is 14.3. The number of aromatic nitrogens is 3. The number of piperazine rings is 1. The van der Waals surface area contributed by atoms with E-state index in [1.54, 1.807) is 36.4 Å². The Hall–Kier alpha value is -4.53. The van der Waals surface area contributed by atoms with E-state index in [0.717, 1.165) is 61.4 Å². The van der Waals surface area contributed by atoms with Crippen molar-refractivity contribution in [2.75, 3.05) is 31.2 Å². The lowest BCUT2D eigenvalue weighted by Gasteiger charge is -2.54. The highest BCUT2D eigenvalue weighted by molar-refractivity contribution is 5.92. The molecular formula is C34H37FN6O4. The molecule has 1 saturated carbocycles. The summed E-state index contributed by atoms with van der Waals surface area (Å²) in [4.78, 5) is 26.2. The lowest BCUT2D eigenvalue weighted by Crippen LogP contribution is -2.64. The molecule has 3 heterocycles. The molecule has 45 heavy (non-hydrogen) atoms. The number of carbonyl (C=O) groups is 1. The van der Waals surface area contributed by atoms with E-state index < -0.39 is 11.8 Å². The molecule has 2 aromatic carbocycles. The quantitative estimate of drug-likeness (QED) is 0.198. The SMILES string of the molecule is CCCCOCCn1c(CN2CCN(c3cccc(OCc4ccc(C#N)cc4F)n3)[C@H]3CC[C@H]32)nc2ccc(C(=O)O)cc21. The molecule has 6 rings (SSSR count). The predicted molar refractivity (Wildman–Crippen MR) is 167 cm³/mol. The van der Waals surface area contributed by atoms with Crippen molar-refractivity contribution in [2.45, 2.75) is 64.4 Å². The second-order valence-electron chi connectivity index (χ2n) is 11.6. The number of hydrogen-bond donors (Lipinski definition) is 1. The Bertz CT molecular complexity index is 1720. The monoisotopic (exact) mass is 612 g/mol. The summed E-state index contributed by atoms with van der Waals surface area (Å²) >= 11 is 0. The van der Waals surface area contributed by atoms with Gasteiger partial charge in [0.2, 0.25) is 5.88 Å². The van der Waals surface area contributed by atoms with Crippen LogP contribution < -0.4 is 9.64 Å². The number of nitriles is 1. The second kappa shape index (κ2) is 13.6. The molecule has 1 saturated heterocycles. The van der Waals surface area contributed by atoms with Gasteiger partial charge in [0, 0.05) is 50.0 Å². The van der Waals surface area contributed by atoms with Crippen molar-refractivity contribution in [3.05, 3.63) is 82.9 Å². The van der Waals surface area contributed by atoms with Crippen LogP contribution in [0, 0.1) is 17.1 Å². The van der Waals surface area contributed by atoms with Gasteiger partial charge in [-0.25, -0.2) is 14.2 Å². The molecule has 0 bridgehead atoms. The van der Waals surface area contributed by atoms with Crippen LogP contribution in [0.15, 0.2) is 54.6 Å². The summed E-state index contributed by atoms with van der Waals surface area (Å²) < 4.78 is 28.2. The van der Waals surface area contributed by atoms with Gasteiger partial charge in [-0.15, -0.1) is 0 Å². The Kier molecular flexibility index (Phi) is 9.23. The summed E-state index contributed by atoms with van der Waals surface area (Å²) in [6, 6.07) is 17.7. The Morgan fingerprint density at radius 1 is 1.09 bits per heavy atom. The summed E-state index contributed by atoms with van der Waals surface area (Å²) in [5, 5.41) is 18.6. The van der Waals surface area contributed by atoms with Gasteiger partial charge in [0.25, 0.3) is 0 Å². The molecule has 11 heteroatoms. The molecule has 1 aliphatic carbocycles. The van der Waals surface area contributed by atoms with Gasteiger partial charge < -0.3 is 24.0 Å². The number of rotatable bonds is 13. The van der Waals surface area contributed by atoms with Crippen LogP contribution in [0.1, 0.15) is 59.9 Å². The molecule has 2 fully saturated rings. The van der Waals surface area contributed by atoms with Crippen molar-refractivity contribution in [3.8, 4) is 11.9 Å². The number of nitrogens with zero attached hydrogens (tertiary/aromatic N) is 6. The van der Waals surface area contributed by atoms with Crippen LogP contribution in [0.4, 0.5) is 10.2 Å². The highest BCUT2D eigenvalue weighted by Gasteiger charge is 2.43. The Labute approximate surface area is 261 Å². The highest BCUT2D eigenvalue weighted by Crippen LogP contribution is 2.37. The maximum Gasteiger partial charge on any atom is 0.335 e. The first-order chi connectivity index (χ1) is 21.9. The van der Waals surface area contributed by atoms with Crippen LogP contribution in [0.2, 0.25) is 0 Å². The fourth-order valence-corrected chi connectivity index (χ4v) is 6.19. The standard InChI is InChI=1S/C34H37FN6O4/c1-2-3-16-44-17-15-41-30-19-24(34(42)43)9-10-27(30)37-32(41)21-39-13-14-40(29-12-11-28(29)39)31-5-4-6-33(38-31)45-22-25-8-7-23(20-36)18-26(25)35/h4-10,18-19,28-29H,2-3,11-17,21-22H2,1H3,(H,42,43)/t28-,29+/m1/s1. The number of hydrogen-bond acceptors (Lipinski definition) is 8. The maximum absolute atomic E-state index is 14.3. The van der Waals surface area contributed by atoms with Crippen LogP contribution >= 0.6 is 0 Å². The summed E-state index contributed by atoms with van der Waals surface area (Å²) in [6.45, 7) is 6.27. The third-order valence-corrected chi connectivity index (χ3v) is 8.78. The van der Waals surface area contributed by atoms with Crippen LogP contribution in [0.3, 0.4) is 0 Å². The Morgan fingerprint density at radius 2 is 1.96 bits per heavy atom. The van der Waals surface area contributed by atoms with E-state index in [2.05, 4.69) is 21.3 Å². The van der Waals surface area contributed by atoms with Crippen LogP contribution in [-0.4, -0.2) is 68.9 Å². The minimum atomic E-state index is -0.955. The van der Waals surface area contributed by atoms with Crippen molar-refractivity contribution < 1.29 is 23.8 Å². The van der Waals surface area contributed by atoms with Crippen molar-refractivity contribution in [3.63, 3.8) is 0 Å². The summed E-state index contributed by atoms with van der Waals surface area (Å²) in [5.41, 5.74) is 2.48. The van der Waals surface area contributed by atoms with E-state index >= 15 is 0 Å². The highest BCUT2D eigenvalue weighted by atomic mass is 19.1. The number of imidazole rings is 1. The Balaban J connectivity index is 1.15. The van der Waals surface area contributed by atoms with E-state index in [0.29, 0.717) is 49.8 Å². The lowest BCUT2D eigenvalue weighted by atomic mass is 9.81. The molecule has 0 spiro atoms. The molecule has 1 aliphatic heterocycles. The van der Waals surface area contributed by atoms with E-state index in [1.165, 1.54) is 6.07 Å². The number of anilines is 1. The lowest BCUT2D eigenvalue weighted by molar-refractivity contribution is 0.0615. The number of unbranched alkanes of at least 4 members (excludes halogenated alkanes) is 1. The number of benzene rings is 2.